The van der Waals surface area contributed by atoms with Crippen LogP contribution in [0.5, 0.6) is 0 Å². The molecular formula is C31H37N5OSi. The number of amidine groups is 1. The van der Waals surface area contributed by atoms with Crippen LogP contribution in [0.4, 0.5) is 0 Å². The van der Waals surface area contributed by atoms with Crippen molar-refractivity contribution in [1.29, 1.82) is 0 Å². The molecule has 0 amide bonds. The van der Waals surface area contributed by atoms with Crippen LogP contribution < -0.4 is 10.5 Å². The maximum Gasteiger partial charge on any atom is 0.234 e. The number of aromatic nitrogens is 2. The molecule has 3 aromatic rings. The van der Waals surface area contributed by atoms with Crippen molar-refractivity contribution in [2.45, 2.75) is 58.5 Å². The molecule has 4 aliphatic rings. The van der Waals surface area contributed by atoms with Crippen molar-refractivity contribution < 1.29 is 4.84 Å². The predicted octanol–water partition coefficient (Wildman–Crippen LogP) is 4.72. The lowest BCUT2D eigenvalue weighted by Crippen LogP contribution is -2.64. The summed E-state index contributed by atoms with van der Waals surface area (Å²) in [5.74, 6) is 1.00. The summed E-state index contributed by atoms with van der Waals surface area (Å²) < 4.78 is 2.16. The average molecular weight is 524 g/mol. The number of rotatable bonds is 4. The standard InChI is InChI=1S/C31H37N5OSi/c1-21-16-35(20-33-21)28-13-6-22(26-11-12-27(26)28)14-23-15-31(17-32-18-31)19-36-29(23)34-37-30(36,2)24-7-9-25(10-8-24)38(3,4)5/h6-10,13-14,16,20,32H,11-12,15,17-19H2,1-5H3. The van der Waals surface area contributed by atoms with Crippen molar-refractivity contribution in [3.05, 3.63) is 82.4 Å². The van der Waals surface area contributed by atoms with Gasteiger partial charge in [0.1, 0.15) is 0 Å². The van der Waals surface area contributed by atoms with Gasteiger partial charge in [0.25, 0.3) is 0 Å². The molecule has 1 aliphatic carbocycles. The highest BCUT2D eigenvalue weighted by Crippen LogP contribution is 2.47. The fourth-order valence-corrected chi connectivity index (χ4v) is 7.71. The van der Waals surface area contributed by atoms with Crippen LogP contribution in [0, 0.1) is 12.3 Å². The van der Waals surface area contributed by atoms with Gasteiger partial charge in [-0.1, -0.05) is 60.3 Å². The largest absolute Gasteiger partial charge is 0.360 e. The smallest absolute Gasteiger partial charge is 0.234 e. The molecule has 38 heavy (non-hydrogen) atoms. The van der Waals surface area contributed by atoms with Crippen LogP contribution in [0.3, 0.4) is 0 Å². The second-order valence-electron chi connectivity index (χ2n) is 12.9. The van der Waals surface area contributed by atoms with Gasteiger partial charge < -0.3 is 19.6 Å². The normalized spacial score (nSPS) is 24.4. The molecule has 6 nitrogen and oxygen atoms in total. The second kappa shape index (κ2) is 8.17. The van der Waals surface area contributed by atoms with Gasteiger partial charge in [-0.2, -0.15) is 0 Å². The van der Waals surface area contributed by atoms with E-state index < -0.39 is 13.8 Å². The maximum absolute atomic E-state index is 6.33. The highest BCUT2D eigenvalue weighted by atomic mass is 28.3. The lowest BCUT2D eigenvalue weighted by Gasteiger charge is -2.52. The zero-order valence-electron chi connectivity index (χ0n) is 23.1. The molecule has 1 N–H and O–H groups in total. The van der Waals surface area contributed by atoms with E-state index in [1.165, 1.54) is 38.7 Å². The van der Waals surface area contributed by atoms with Crippen molar-refractivity contribution in [2.75, 3.05) is 19.6 Å². The lowest BCUT2D eigenvalue weighted by atomic mass is 9.71. The Balaban J connectivity index is 1.25. The number of nitrogens with zero attached hydrogens (tertiary/aromatic N) is 4. The van der Waals surface area contributed by atoms with Crippen LogP contribution in [-0.4, -0.2) is 48.0 Å². The van der Waals surface area contributed by atoms with E-state index >= 15 is 0 Å². The summed E-state index contributed by atoms with van der Waals surface area (Å²) in [6.07, 6.45) is 9.70. The number of imidazole rings is 1. The number of piperidine rings is 1. The molecule has 4 heterocycles. The summed E-state index contributed by atoms with van der Waals surface area (Å²) in [7, 11) is -1.36. The first-order chi connectivity index (χ1) is 18.2. The molecule has 0 radical (unpaired) electrons. The summed E-state index contributed by atoms with van der Waals surface area (Å²) in [5, 5.41) is 9.76. The Morgan fingerprint density at radius 1 is 1.03 bits per heavy atom. The predicted molar refractivity (Wildman–Crippen MR) is 156 cm³/mol. The van der Waals surface area contributed by atoms with Crippen LogP contribution in [0.1, 0.15) is 41.3 Å². The highest BCUT2D eigenvalue weighted by molar-refractivity contribution is 6.88. The quantitative estimate of drug-likeness (QED) is 0.503. The Bertz CT molecular complexity index is 1490. The molecule has 7 rings (SSSR count). The minimum Gasteiger partial charge on any atom is -0.360 e. The Hall–Kier alpha value is -3.16. The summed E-state index contributed by atoms with van der Waals surface area (Å²) in [4.78, 5) is 13.2. The molecule has 1 aromatic heterocycles. The second-order valence-corrected chi connectivity index (χ2v) is 18.0. The summed E-state index contributed by atoms with van der Waals surface area (Å²) in [6.45, 7) is 14.4. The monoisotopic (exact) mass is 523 g/mol. The number of benzene rings is 2. The van der Waals surface area contributed by atoms with Gasteiger partial charge in [0.05, 0.1) is 20.1 Å². The molecule has 1 spiro atoms. The van der Waals surface area contributed by atoms with Gasteiger partial charge in [-0.25, -0.2) is 4.98 Å². The molecular weight excluding hydrogens is 486 g/mol. The van der Waals surface area contributed by atoms with Gasteiger partial charge in [-0.15, -0.1) is 0 Å². The van der Waals surface area contributed by atoms with Gasteiger partial charge in [-0.3, -0.25) is 0 Å². The first-order valence-electron chi connectivity index (χ1n) is 13.9. The van der Waals surface area contributed by atoms with Crippen LogP contribution in [0.2, 0.25) is 19.6 Å². The van der Waals surface area contributed by atoms with E-state index in [1.54, 1.807) is 0 Å². The van der Waals surface area contributed by atoms with Gasteiger partial charge in [-0.05, 0) is 60.6 Å². The van der Waals surface area contributed by atoms with Gasteiger partial charge in [0, 0.05) is 49.4 Å². The van der Waals surface area contributed by atoms with Crippen molar-refractivity contribution in [3.63, 3.8) is 0 Å². The third kappa shape index (κ3) is 3.62. The number of hydrogen-bond acceptors (Lipinski definition) is 5. The van der Waals surface area contributed by atoms with Crippen LogP contribution in [0.15, 0.2) is 59.7 Å². The molecule has 2 aromatic carbocycles. The van der Waals surface area contributed by atoms with Crippen molar-refractivity contribution in [2.24, 2.45) is 10.6 Å². The topological polar surface area (TPSA) is 54.7 Å². The van der Waals surface area contributed by atoms with Crippen molar-refractivity contribution in [1.82, 2.24) is 19.8 Å². The first-order valence-corrected chi connectivity index (χ1v) is 17.4. The molecule has 7 heteroatoms. The SMILES string of the molecule is Cc1cn(-c2ccc(C=C3CC4(CNC4)CN4C3=NOC4(C)c3ccc([Si](C)(C)C)cc3)c3c2CC3)cn1. The molecule has 3 aliphatic heterocycles. The Morgan fingerprint density at radius 3 is 2.39 bits per heavy atom. The van der Waals surface area contributed by atoms with Crippen molar-refractivity contribution in [3.8, 4) is 5.69 Å². The molecule has 2 saturated heterocycles. The van der Waals surface area contributed by atoms with E-state index in [1.807, 2.05) is 13.3 Å². The molecule has 0 saturated carbocycles. The number of hydrogen-bond donors (Lipinski definition) is 1. The number of aryl methyl sites for hydroxylation is 1. The van der Waals surface area contributed by atoms with E-state index in [4.69, 9.17) is 9.99 Å². The average Bonchev–Trinajstić information content (AvgIpc) is 3.42. The Kier molecular flexibility index (Phi) is 5.14. The number of oxime groups is 1. The summed E-state index contributed by atoms with van der Waals surface area (Å²) >= 11 is 0. The highest BCUT2D eigenvalue weighted by Gasteiger charge is 2.54. The molecule has 2 fully saturated rings. The third-order valence-electron chi connectivity index (χ3n) is 9.10. The minimum absolute atomic E-state index is 0.222. The summed E-state index contributed by atoms with van der Waals surface area (Å²) in [6, 6.07) is 13.7. The maximum atomic E-state index is 6.33. The van der Waals surface area contributed by atoms with Gasteiger partial charge in [0.15, 0.2) is 5.84 Å². The number of fused-ring (bicyclic) bond motifs is 2. The van der Waals surface area contributed by atoms with Gasteiger partial charge in [0.2, 0.25) is 5.72 Å². The fourth-order valence-electron chi connectivity index (χ4n) is 6.55. The first kappa shape index (κ1) is 23.9. The van der Waals surface area contributed by atoms with E-state index in [0.29, 0.717) is 0 Å². The van der Waals surface area contributed by atoms with Crippen LogP contribution >= 0.6 is 0 Å². The minimum atomic E-state index is -1.36. The van der Waals surface area contributed by atoms with Crippen LogP contribution in [0.25, 0.3) is 11.8 Å². The molecule has 196 valence electrons. The Morgan fingerprint density at radius 2 is 1.79 bits per heavy atom. The van der Waals surface area contributed by atoms with E-state index in [2.05, 4.69) is 95.0 Å². The molecule has 0 bridgehead atoms. The third-order valence-corrected chi connectivity index (χ3v) is 11.2. The molecule has 1 unspecified atom stereocenters. The zero-order chi connectivity index (χ0) is 26.3. The van der Waals surface area contributed by atoms with E-state index in [0.717, 1.165) is 50.4 Å². The van der Waals surface area contributed by atoms with Crippen molar-refractivity contribution >= 4 is 25.2 Å². The molecule has 1 atom stereocenters. The Labute approximate surface area is 226 Å². The zero-order valence-corrected chi connectivity index (χ0v) is 24.1. The van der Waals surface area contributed by atoms with Crippen LogP contribution in [-0.2, 0) is 23.4 Å². The lowest BCUT2D eigenvalue weighted by molar-refractivity contribution is -0.107. The summed E-state index contributed by atoms with van der Waals surface area (Å²) in [5.41, 5.74) is 8.62. The number of nitrogens with one attached hydrogen (secondary N) is 1. The van der Waals surface area contributed by atoms with Gasteiger partial charge >= 0.3 is 0 Å². The van der Waals surface area contributed by atoms with E-state index in [9.17, 15) is 0 Å². The fraction of sp³-hybridized carbons (Fsp3) is 0.419. The van der Waals surface area contributed by atoms with E-state index in [-0.39, 0.29) is 5.41 Å².